The molecule has 4 heterocycles. The lowest BCUT2D eigenvalue weighted by atomic mass is 9.99. The van der Waals surface area contributed by atoms with E-state index >= 15 is 0 Å². The molecule has 2 unspecified atom stereocenters. The molecule has 25 heavy (non-hydrogen) atoms. The number of fused-ring (bicyclic) bond motifs is 1. The molecule has 1 amide bonds. The van der Waals surface area contributed by atoms with Gasteiger partial charge in [-0.3, -0.25) is 4.79 Å². The van der Waals surface area contributed by atoms with Crippen molar-refractivity contribution in [1.29, 1.82) is 0 Å². The van der Waals surface area contributed by atoms with E-state index in [1.54, 1.807) is 18.4 Å². The van der Waals surface area contributed by atoms with Gasteiger partial charge in [-0.05, 0) is 57.3 Å². The molecule has 4 rings (SSSR count). The molecule has 1 aromatic heterocycles. The van der Waals surface area contributed by atoms with E-state index in [1.165, 1.54) is 25.9 Å². The Balaban J connectivity index is 1.21. The number of carbonyl (C=O) groups is 1. The number of rotatable bonds is 6. The maximum Gasteiger partial charge on any atom is 0.289 e. The molecule has 0 radical (unpaired) electrons. The van der Waals surface area contributed by atoms with E-state index in [1.807, 2.05) is 4.90 Å². The summed E-state index contributed by atoms with van der Waals surface area (Å²) in [5.41, 5.74) is 0. The number of hydrogen-bond acceptors (Lipinski definition) is 5. The van der Waals surface area contributed by atoms with Gasteiger partial charge in [0.25, 0.3) is 5.91 Å². The summed E-state index contributed by atoms with van der Waals surface area (Å²) in [7, 11) is 0. The largest absolute Gasteiger partial charge is 0.459 e. The van der Waals surface area contributed by atoms with Crippen molar-refractivity contribution < 1.29 is 18.7 Å². The highest BCUT2D eigenvalue weighted by Gasteiger charge is 2.42. The Hall–Kier alpha value is -1.37. The van der Waals surface area contributed by atoms with Crippen LogP contribution in [0.15, 0.2) is 22.8 Å². The average molecular weight is 348 g/mol. The van der Waals surface area contributed by atoms with Crippen LogP contribution in [0.25, 0.3) is 0 Å². The first kappa shape index (κ1) is 17.1. The predicted octanol–water partition coefficient (Wildman–Crippen LogP) is 2.15. The summed E-state index contributed by atoms with van der Waals surface area (Å²) in [6.45, 7) is 5.67. The molecule has 1 aromatic rings. The van der Waals surface area contributed by atoms with Crippen LogP contribution in [0.2, 0.25) is 0 Å². The van der Waals surface area contributed by atoms with Crippen LogP contribution in [-0.2, 0) is 9.47 Å². The van der Waals surface area contributed by atoms with Crippen LogP contribution in [0.5, 0.6) is 0 Å². The third-order valence-corrected chi connectivity index (χ3v) is 5.68. The first-order valence-electron chi connectivity index (χ1n) is 9.61. The zero-order chi connectivity index (χ0) is 17.1. The molecular formula is C19H28N2O4. The van der Waals surface area contributed by atoms with Gasteiger partial charge in [-0.2, -0.15) is 0 Å². The first-order valence-corrected chi connectivity index (χ1v) is 9.61. The van der Waals surface area contributed by atoms with Crippen LogP contribution in [0.4, 0.5) is 0 Å². The van der Waals surface area contributed by atoms with Crippen LogP contribution in [0.3, 0.4) is 0 Å². The quantitative estimate of drug-likeness (QED) is 0.738. The van der Waals surface area contributed by atoms with Gasteiger partial charge in [0, 0.05) is 13.1 Å². The molecule has 3 atom stereocenters. The van der Waals surface area contributed by atoms with Gasteiger partial charge in [-0.25, -0.2) is 0 Å². The summed E-state index contributed by atoms with van der Waals surface area (Å²) in [6, 6.07) is 3.67. The number of furan rings is 1. The summed E-state index contributed by atoms with van der Waals surface area (Å²) < 4.78 is 17.3. The molecule has 0 N–H and O–H groups in total. The summed E-state index contributed by atoms with van der Waals surface area (Å²) in [4.78, 5) is 16.9. The van der Waals surface area contributed by atoms with Crippen molar-refractivity contribution in [3.05, 3.63) is 24.2 Å². The zero-order valence-electron chi connectivity index (χ0n) is 14.8. The van der Waals surface area contributed by atoms with Crippen molar-refractivity contribution >= 4 is 5.91 Å². The van der Waals surface area contributed by atoms with Crippen molar-refractivity contribution in [3.63, 3.8) is 0 Å². The Kier molecular flexibility index (Phi) is 5.39. The van der Waals surface area contributed by atoms with Crippen molar-refractivity contribution in [1.82, 2.24) is 9.80 Å². The number of carbonyl (C=O) groups excluding carboxylic acids is 1. The Bertz CT molecular complexity index is 556. The molecule has 6 heteroatoms. The SMILES string of the molecule is O=C(c1ccco1)N1CCC2O[C@H](COCCN3CCCC3)CCC21. The second kappa shape index (κ2) is 7.89. The molecule has 3 saturated heterocycles. The Morgan fingerprint density at radius 2 is 2.08 bits per heavy atom. The highest BCUT2D eigenvalue weighted by atomic mass is 16.5. The molecule has 3 fully saturated rings. The molecule has 6 nitrogen and oxygen atoms in total. The second-order valence-electron chi connectivity index (χ2n) is 7.33. The smallest absolute Gasteiger partial charge is 0.289 e. The van der Waals surface area contributed by atoms with Gasteiger partial charge < -0.3 is 23.7 Å². The van der Waals surface area contributed by atoms with Crippen molar-refractivity contribution in [2.24, 2.45) is 0 Å². The van der Waals surface area contributed by atoms with Gasteiger partial charge in [-0.15, -0.1) is 0 Å². The fourth-order valence-corrected chi connectivity index (χ4v) is 4.33. The van der Waals surface area contributed by atoms with Crippen molar-refractivity contribution in [2.45, 2.75) is 50.4 Å². The van der Waals surface area contributed by atoms with Crippen molar-refractivity contribution in [2.75, 3.05) is 39.4 Å². The molecule has 3 aliphatic heterocycles. The van der Waals surface area contributed by atoms with Crippen molar-refractivity contribution in [3.8, 4) is 0 Å². The van der Waals surface area contributed by atoms with Gasteiger partial charge in [0.1, 0.15) is 0 Å². The molecule has 0 aliphatic carbocycles. The third-order valence-electron chi connectivity index (χ3n) is 5.68. The molecule has 0 bridgehead atoms. The summed E-state index contributed by atoms with van der Waals surface area (Å²) in [5, 5.41) is 0. The van der Waals surface area contributed by atoms with Gasteiger partial charge >= 0.3 is 0 Å². The normalized spacial score (nSPS) is 29.9. The first-order chi connectivity index (χ1) is 12.3. The van der Waals surface area contributed by atoms with E-state index in [-0.39, 0.29) is 24.2 Å². The van der Waals surface area contributed by atoms with Crippen LogP contribution in [-0.4, -0.2) is 73.3 Å². The number of nitrogens with zero attached hydrogens (tertiary/aromatic N) is 2. The van der Waals surface area contributed by atoms with Crippen LogP contribution < -0.4 is 0 Å². The van der Waals surface area contributed by atoms with E-state index in [0.717, 1.165) is 39.0 Å². The molecule has 0 aromatic carbocycles. The zero-order valence-corrected chi connectivity index (χ0v) is 14.8. The molecular weight excluding hydrogens is 320 g/mol. The minimum atomic E-state index is -0.0126. The predicted molar refractivity (Wildman–Crippen MR) is 92.5 cm³/mol. The van der Waals surface area contributed by atoms with Gasteiger partial charge in [0.05, 0.1) is 37.7 Å². The Labute approximate surface area is 149 Å². The highest BCUT2D eigenvalue weighted by molar-refractivity contribution is 5.91. The number of amides is 1. The van der Waals surface area contributed by atoms with E-state index < -0.39 is 0 Å². The summed E-state index contributed by atoms with van der Waals surface area (Å²) in [5.74, 6) is 0.412. The average Bonchev–Trinajstić information content (AvgIpc) is 3.39. The second-order valence-corrected chi connectivity index (χ2v) is 7.33. The summed E-state index contributed by atoms with van der Waals surface area (Å²) >= 11 is 0. The molecule has 0 saturated carbocycles. The van der Waals surface area contributed by atoms with Gasteiger partial charge in [0.15, 0.2) is 5.76 Å². The Morgan fingerprint density at radius 1 is 1.20 bits per heavy atom. The maximum atomic E-state index is 12.5. The number of likely N-dealkylation sites (tertiary alicyclic amines) is 2. The minimum absolute atomic E-state index is 0.0126. The van der Waals surface area contributed by atoms with Crippen LogP contribution in [0, 0.1) is 0 Å². The number of ether oxygens (including phenoxy) is 2. The van der Waals surface area contributed by atoms with E-state index in [2.05, 4.69) is 4.90 Å². The fraction of sp³-hybridized carbons (Fsp3) is 0.737. The fourth-order valence-electron chi connectivity index (χ4n) is 4.33. The molecule has 3 aliphatic rings. The Morgan fingerprint density at radius 3 is 2.88 bits per heavy atom. The lowest BCUT2D eigenvalue weighted by Gasteiger charge is -2.35. The van der Waals surface area contributed by atoms with Gasteiger partial charge in [0.2, 0.25) is 0 Å². The molecule has 138 valence electrons. The van der Waals surface area contributed by atoms with Gasteiger partial charge in [-0.1, -0.05) is 0 Å². The monoisotopic (exact) mass is 348 g/mol. The van der Waals surface area contributed by atoms with Crippen LogP contribution in [0.1, 0.15) is 42.7 Å². The maximum absolute atomic E-state index is 12.5. The molecule has 0 spiro atoms. The minimum Gasteiger partial charge on any atom is -0.459 e. The lowest BCUT2D eigenvalue weighted by molar-refractivity contribution is -0.0973. The van der Waals surface area contributed by atoms with E-state index in [9.17, 15) is 4.79 Å². The van der Waals surface area contributed by atoms with Crippen LogP contribution >= 0.6 is 0 Å². The summed E-state index contributed by atoms with van der Waals surface area (Å²) in [6.07, 6.45) is 7.33. The number of hydrogen-bond donors (Lipinski definition) is 0. The standard InChI is InChI=1S/C19H28N2O4/c22-19(18-4-3-12-24-18)21-10-7-17-16(21)6-5-15(25-17)14-23-13-11-20-8-1-2-9-20/h3-4,12,15-17H,1-2,5-11,13-14H2/t15-,16?,17?/m0/s1. The lowest BCUT2D eigenvalue weighted by Crippen LogP contribution is -2.46. The topological polar surface area (TPSA) is 55.2 Å². The third kappa shape index (κ3) is 3.91. The highest BCUT2D eigenvalue weighted by Crippen LogP contribution is 2.32. The van der Waals surface area contributed by atoms with E-state index in [0.29, 0.717) is 12.4 Å². The van der Waals surface area contributed by atoms with E-state index in [4.69, 9.17) is 13.9 Å².